The lowest BCUT2D eigenvalue weighted by molar-refractivity contribution is 0.0889. The van der Waals surface area contributed by atoms with Crippen LogP contribution in [0.5, 0.6) is 0 Å². The third-order valence-electron chi connectivity index (χ3n) is 3.82. The first kappa shape index (κ1) is 13.1. The van der Waals surface area contributed by atoms with Gasteiger partial charge in [-0.15, -0.1) is 5.10 Å². The second kappa shape index (κ2) is 5.50. The van der Waals surface area contributed by atoms with E-state index >= 15 is 0 Å². The Bertz CT molecular complexity index is 415. The molecule has 5 heteroatoms. The number of amides is 1. The molecule has 18 heavy (non-hydrogen) atoms. The van der Waals surface area contributed by atoms with Crippen LogP contribution in [0.4, 0.5) is 0 Å². The van der Waals surface area contributed by atoms with Crippen molar-refractivity contribution in [1.29, 1.82) is 0 Å². The van der Waals surface area contributed by atoms with Crippen molar-refractivity contribution >= 4 is 5.91 Å². The summed E-state index contributed by atoms with van der Waals surface area (Å²) in [7, 11) is 0. The van der Waals surface area contributed by atoms with Gasteiger partial charge in [-0.3, -0.25) is 9.89 Å². The Morgan fingerprint density at radius 2 is 2.22 bits per heavy atom. The van der Waals surface area contributed by atoms with Gasteiger partial charge in [0.1, 0.15) is 5.82 Å². The monoisotopic (exact) mass is 250 g/mol. The van der Waals surface area contributed by atoms with E-state index in [1.165, 1.54) is 12.8 Å². The molecule has 2 N–H and O–H groups in total. The van der Waals surface area contributed by atoms with Crippen LogP contribution in [0.25, 0.3) is 0 Å². The highest BCUT2D eigenvalue weighted by Crippen LogP contribution is 2.28. The molecule has 0 saturated heterocycles. The average molecular weight is 250 g/mol. The summed E-state index contributed by atoms with van der Waals surface area (Å²) in [5.41, 5.74) is 0. The number of aryl methyl sites for hydroxylation is 1. The van der Waals surface area contributed by atoms with Crippen molar-refractivity contribution in [3.63, 3.8) is 0 Å². The lowest BCUT2D eigenvalue weighted by Gasteiger charge is -2.32. The quantitative estimate of drug-likeness (QED) is 0.861. The summed E-state index contributed by atoms with van der Waals surface area (Å²) in [6.07, 6.45) is 4.18. The maximum Gasteiger partial charge on any atom is 0.291 e. The Hall–Kier alpha value is -1.39. The van der Waals surface area contributed by atoms with Gasteiger partial charge in [0.05, 0.1) is 0 Å². The fourth-order valence-electron chi connectivity index (χ4n) is 2.67. The summed E-state index contributed by atoms with van der Waals surface area (Å²) in [6, 6.07) is 0.261. The number of hydrogen-bond acceptors (Lipinski definition) is 3. The first-order valence-corrected chi connectivity index (χ1v) is 6.82. The molecular weight excluding hydrogens is 228 g/mol. The molecular formula is C13H22N4O. The number of hydrogen-bond donors (Lipinski definition) is 2. The van der Waals surface area contributed by atoms with Gasteiger partial charge in [-0.25, -0.2) is 4.98 Å². The van der Waals surface area contributed by atoms with Crippen LogP contribution in [-0.2, 0) is 6.42 Å². The first-order chi connectivity index (χ1) is 8.60. The zero-order chi connectivity index (χ0) is 13.1. The third-order valence-corrected chi connectivity index (χ3v) is 3.82. The van der Waals surface area contributed by atoms with E-state index in [4.69, 9.17) is 0 Å². The fraction of sp³-hybridized carbons (Fsp3) is 0.769. The lowest BCUT2D eigenvalue weighted by atomic mass is 9.80. The van der Waals surface area contributed by atoms with Crippen LogP contribution in [0.1, 0.15) is 56.5 Å². The second-order valence-corrected chi connectivity index (χ2v) is 5.43. The highest BCUT2D eigenvalue weighted by Gasteiger charge is 2.27. The smallest absolute Gasteiger partial charge is 0.291 e. The molecule has 3 atom stereocenters. The summed E-state index contributed by atoms with van der Waals surface area (Å²) in [5, 5.41) is 9.77. The standard InChI is InChI=1S/C13H22N4O/c1-4-11-15-12(17-16-11)13(18)14-10-6-5-8(2)7-9(10)3/h8-10H,4-7H2,1-3H3,(H,14,18)(H,15,16,17). The van der Waals surface area contributed by atoms with Crippen LogP contribution in [-0.4, -0.2) is 27.1 Å². The number of aromatic amines is 1. The Morgan fingerprint density at radius 3 is 2.83 bits per heavy atom. The maximum absolute atomic E-state index is 12.0. The van der Waals surface area contributed by atoms with Crippen molar-refractivity contribution in [2.24, 2.45) is 11.8 Å². The van der Waals surface area contributed by atoms with Crippen molar-refractivity contribution in [1.82, 2.24) is 20.5 Å². The minimum Gasteiger partial charge on any atom is -0.346 e. The molecule has 1 aliphatic carbocycles. The Morgan fingerprint density at radius 1 is 1.44 bits per heavy atom. The van der Waals surface area contributed by atoms with Gasteiger partial charge in [0.2, 0.25) is 5.82 Å². The average Bonchev–Trinajstić information content (AvgIpc) is 2.81. The van der Waals surface area contributed by atoms with Crippen LogP contribution in [0, 0.1) is 11.8 Å². The first-order valence-electron chi connectivity index (χ1n) is 6.82. The number of nitrogens with zero attached hydrogens (tertiary/aromatic N) is 2. The highest BCUT2D eigenvalue weighted by molar-refractivity contribution is 5.90. The van der Waals surface area contributed by atoms with Crippen LogP contribution < -0.4 is 5.32 Å². The molecule has 5 nitrogen and oxygen atoms in total. The molecule has 0 aliphatic heterocycles. The highest BCUT2D eigenvalue weighted by atomic mass is 16.2. The van der Waals surface area contributed by atoms with Gasteiger partial charge in [0.15, 0.2) is 0 Å². The molecule has 0 spiro atoms. The summed E-state index contributed by atoms with van der Waals surface area (Å²) in [6.45, 7) is 6.46. The molecule has 3 unspecified atom stereocenters. The number of H-pyrrole nitrogens is 1. The Balaban J connectivity index is 1.94. The second-order valence-electron chi connectivity index (χ2n) is 5.43. The van der Waals surface area contributed by atoms with Crippen LogP contribution in [0.2, 0.25) is 0 Å². The molecule has 0 bridgehead atoms. The van der Waals surface area contributed by atoms with Gasteiger partial charge in [0.25, 0.3) is 5.91 Å². The lowest BCUT2D eigenvalue weighted by Crippen LogP contribution is -2.42. The molecule has 1 aromatic heterocycles. The molecule has 100 valence electrons. The van der Waals surface area contributed by atoms with Crippen molar-refractivity contribution in [2.75, 3.05) is 0 Å². The van der Waals surface area contributed by atoms with Gasteiger partial charge in [0, 0.05) is 12.5 Å². The number of aromatic nitrogens is 3. The Labute approximate surface area is 108 Å². The SMILES string of the molecule is CCc1nc(C(=O)NC2CCC(C)CC2C)n[nH]1. The van der Waals surface area contributed by atoms with E-state index in [0.29, 0.717) is 5.92 Å². The molecule has 1 fully saturated rings. The van der Waals surface area contributed by atoms with E-state index in [9.17, 15) is 4.79 Å². The number of carbonyl (C=O) groups is 1. The molecule has 0 aromatic carbocycles. The fourth-order valence-corrected chi connectivity index (χ4v) is 2.67. The molecule has 1 amide bonds. The van der Waals surface area contributed by atoms with Crippen LogP contribution in [0.3, 0.4) is 0 Å². The van der Waals surface area contributed by atoms with Gasteiger partial charge in [-0.05, 0) is 31.1 Å². The molecule has 1 aromatic rings. The molecule has 1 saturated carbocycles. The molecule has 1 heterocycles. The summed E-state index contributed by atoms with van der Waals surface area (Å²) in [4.78, 5) is 16.2. The predicted molar refractivity (Wildman–Crippen MR) is 69.2 cm³/mol. The maximum atomic E-state index is 12.0. The van der Waals surface area contributed by atoms with Gasteiger partial charge in [-0.1, -0.05) is 20.8 Å². The summed E-state index contributed by atoms with van der Waals surface area (Å²) < 4.78 is 0. The van der Waals surface area contributed by atoms with E-state index in [2.05, 4.69) is 34.3 Å². The van der Waals surface area contributed by atoms with E-state index < -0.39 is 0 Å². The van der Waals surface area contributed by atoms with Gasteiger partial charge < -0.3 is 5.32 Å². The van der Waals surface area contributed by atoms with Crippen molar-refractivity contribution in [3.8, 4) is 0 Å². The van der Waals surface area contributed by atoms with Gasteiger partial charge in [-0.2, -0.15) is 0 Å². The zero-order valence-electron chi connectivity index (χ0n) is 11.4. The normalized spacial score (nSPS) is 28.1. The van der Waals surface area contributed by atoms with E-state index in [1.54, 1.807) is 0 Å². The zero-order valence-corrected chi connectivity index (χ0v) is 11.4. The minimum absolute atomic E-state index is 0.155. The molecule has 1 aliphatic rings. The minimum atomic E-state index is -0.155. The van der Waals surface area contributed by atoms with Crippen LogP contribution in [0.15, 0.2) is 0 Å². The number of rotatable bonds is 3. The van der Waals surface area contributed by atoms with Crippen LogP contribution >= 0.6 is 0 Å². The van der Waals surface area contributed by atoms with Crippen molar-refractivity contribution < 1.29 is 4.79 Å². The van der Waals surface area contributed by atoms with Crippen molar-refractivity contribution in [3.05, 3.63) is 11.6 Å². The summed E-state index contributed by atoms with van der Waals surface area (Å²) >= 11 is 0. The molecule has 2 rings (SSSR count). The van der Waals surface area contributed by atoms with E-state index in [-0.39, 0.29) is 17.8 Å². The summed E-state index contributed by atoms with van der Waals surface area (Å²) in [5.74, 6) is 2.16. The number of carbonyl (C=O) groups excluding carboxylic acids is 1. The third kappa shape index (κ3) is 2.89. The number of nitrogens with one attached hydrogen (secondary N) is 2. The largest absolute Gasteiger partial charge is 0.346 e. The van der Waals surface area contributed by atoms with E-state index in [0.717, 1.165) is 24.6 Å². The van der Waals surface area contributed by atoms with Crippen molar-refractivity contribution in [2.45, 2.75) is 52.5 Å². The van der Waals surface area contributed by atoms with E-state index in [1.807, 2.05) is 6.92 Å². The predicted octanol–water partition coefficient (Wildman–Crippen LogP) is 1.92. The molecule has 0 radical (unpaired) electrons. The topological polar surface area (TPSA) is 70.7 Å². The Kier molecular flexibility index (Phi) is 3.99. The van der Waals surface area contributed by atoms with Gasteiger partial charge >= 0.3 is 0 Å².